The number of ether oxygens (including phenoxy) is 1. The second kappa shape index (κ2) is 10.3. The van der Waals surface area contributed by atoms with E-state index in [0.717, 1.165) is 36.8 Å². The molecular weight excluding hydrogens is 470 g/mol. The van der Waals surface area contributed by atoms with E-state index in [2.05, 4.69) is 11.9 Å². The minimum Gasteiger partial charge on any atom is -0.445 e. The second-order valence-corrected chi connectivity index (χ2v) is 9.44. The first-order chi connectivity index (χ1) is 17.9. The summed E-state index contributed by atoms with van der Waals surface area (Å²) in [6.45, 7) is 3.62. The Morgan fingerprint density at radius 2 is 1.73 bits per heavy atom. The number of ketones is 1. The molecule has 0 bridgehead atoms. The molecule has 1 aromatic heterocycles. The van der Waals surface area contributed by atoms with Gasteiger partial charge in [-0.05, 0) is 37.0 Å². The fraction of sp³-hybridized carbons (Fsp3) is 0.241. The average molecular weight is 498 g/mol. The van der Waals surface area contributed by atoms with Gasteiger partial charge in [0, 0.05) is 47.4 Å². The molecule has 188 valence electrons. The van der Waals surface area contributed by atoms with Gasteiger partial charge < -0.3 is 14.6 Å². The van der Waals surface area contributed by atoms with Crippen LogP contribution in [0, 0.1) is 16.0 Å². The number of carbonyl (C=O) groups is 2. The molecule has 2 heterocycles. The van der Waals surface area contributed by atoms with E-state index in [-0.39, 0.29) is 17.0 Å². The van der Waals surface area contributed by atoms with Crippen molar-refractivity contribution in [1.29, 1.82) is 0 Å². The van der Waals surface area contributed by atoms with Crippen LogP contribution in [0.4, 0.5) is 11.4 Å². The van der Waals surface area contributed by atoms with Crippen LogP contribution < -0.4 is 4.90 Å². The summed E-state index contributed by atoms with van der Waals surface area (Å²) in [5.41, 5.74) is 2.07. The molecule has 3 aromatic carbocycles. The smallest absolute Gasteiger partial charge is 0.339 e. The number of hydrogen-bond acceptors (Lipinski definition) is 6. The highest BCUT2D eigenvalue weighted by atomic mass is 16.6. The Morgan fingerprint density at radius 3 is 2.46 bits per heavy atom. The number of nitro benzene ring substituents is 1. The molecule has 0 unspecified atom stereocenters. The summed E-state index contributed by atoms with van der Waals surface area (Å²) in [5, 5.41) is 12.6. The molecule has 8 heteroatoms. The van der Waals surface area contributed by atoms with Crippen molar-refractivity contribution in [2.24, 2.45) is 5.92 Å². The number of piperidine rings is 1. The maximum atomic E-state index is 13.6. The summed E-state index contributed by atoms with van der Waals surface area (Å²) in [6, 6.07) is 20.5. The third-order valence-electron chi connectivity index (χ3n) is 6.95. The Balaban J connectivity index is 1.46. The maximum absolute atomic E-state index is 13.6. The Kier molecular flexibility index (Phi) is 6.72. The number of H-pyrrole nitrogens is 1. The van der Waals surface area contributed by atoms with E-state index in [1.807, 2.05) is 35.2 Å². The van der Waals surface area contributed by atoms with Crippen LogP contribution in [0.1, 0.15) is 52.1 Å². The number of aromatic amines is 1. The second-order valence-electron chi connectivity index (χ2n) is 9.44. The monoisotopic (exact) mass is 497 g/mol. The molecule has 0 aliphatic carbocycles. The van der Waals surface area contributed by atoms with Crippen molar-refractivity contribution in [2.75, 3.05) is 18.0 Å². The molecule has 1 saturated heterocycles. The van der Waals surface area contributed by atoms with Gasteiger partial charge in [0.2, 0.25) is 5.78 Å². The van der Waals surface area contributed by atoms with Crippen LogP contribution in [0.15, 0.2) is 79.0 Å². The van der Waals surface area contributed by atoms with Crippen LogP contribution in [0.3, 0.4) is 0 Å². The van der Waals surface area contributed by atoms with E-state index >= 15 is 0 Å². The van der Waals surface area contributed by atoms with Crippen molar-refractivity contribution >= 4 is 34.0 Å². The average Bonchev–Trinajstić information content (AvgIpc) is 3.36. The van der Waals surface area contributed by atoms with E-state index in [1.165, 1.54) is 12.1 Å². The number of carbonyl (C=O) groups excluding carboxylic acids is 2. The van der Waals surface area contributed by atoms with E-state index in [1.54, 1.807) is 36.5 Å². The van der Waals surface area contributed by atoms with E-state index in [0.29, 0.717) is 22.7 Å². The lowest BCUT2D eigenvalue weighted by atomic mass is 9.98. The Hall–Kier alpha value is -4.46. The van der Waals surface area contributed by atoms with Gasteiger partial charge in [0.05, 0.1) is 10.5 Å². The zero-order valence-corrected chi connectivity index (χ0v) is 20.4. The SMILES string of the molecule is CC1CCN(c2ccc(C(=O)O[C@@H](C(=O)c3c[nH]c4ccccc34)c3ccccc3)cc2[N+](=O)[O-])CC1. The van der Waals surface area contributed by atoms with Crippen molar-refractivity contribution in [3.05, 3.63) is 106 Å². The quantitative estimate of drug-likeness (QED) is 0.143. The molecule has 0 radical (unpaired) electrons. The minimum atomic E-state index is -1.21. The number of Topliss-reactive ketones (excluding diaryl/α,β-unsaturated/α-hetero) is 1. The van der Waals surface area contributed by atoms with Gasteiger partial charge in [-0.1, -0.05) is 55.5 Å². The molecule has 0 amide bonds. The third-order valence-corrected chi connectivity index (χ3v) is 6.95. The van der Waals surface area contributed by atoms with Crippen molar-refractivity contribution < 1.29 is 19.2 Å². The van der Waals surface area contributed by atoms with Crippen LogP contribution >= 0.6 is 0 Å². The van der Waals surface area contributed by atoms with Gasteiger partial charge in [0.15, 0.2) is 6.10 Å². The molecule has 5 rings (SSSR count). The largest absolute Gasteiger partial charge is 0.445 e. The van der Waals surface area contributed by atoms with E-state index < -0.39 is 17.0 Å². The van der Waals surface area contributed by atoms with Gasteiger partial charge in [-0.2, -0.15) is 0 Å². The summed E-state index contributed by atoms with van der Waals surface area (Å²) >= 11 is 0. The van der Waals surface area contributed by atoms with Gasteiger partial charge in [0.1, 0.15) is 5.69 Å². The number of anilines is 1. The highest BCUT2D eigenvalue weighted by Crippen LogP contribution is 2.34. The number of nitrogens with zero attached hydrogens (tertiary/aromatic N) is 2. The Bertz CT molecular complexity index is 1450. The molecule has 0 spiro atoms. The lowest BCUT2D eigenvalue weighted by Gasteiger charge is -2.31. The summed E-state index contributed by atoms with van der Waals surface area (Å²) in [5.74, 6) is -0.608. The molecule has 1 N–H and O–H groups in total. The Labute approximate surface area is 214 Å². The number of fused-ring (bicyclic) bond motifs is 1. The lowest BCUT2D eigenvalue weighted by molar-refractivity contribution is -0.384. The van der Waals surface area contributed by atoms with Crippen molar-refractivity contribution in [2.45, 2.75) is 25.9 Å². The lowest BCUT2D eigenvalue weighted by Crippen LogP contribution is -2.33. The molecular formula is C29H27N3O5. The van der Waals surface area contributed by atoms with Crippen LogP contribution in [0.5, 0.6) is 0 Å². The molecule has 4 aromatic rings. The van der Waals surface area contributed by atoms with Gasteiger partial charge in [-0.15, -0.1) is 0 Å². The van der Waals surface area contributed by atoms with Gasteiger partial charge in [-0.3, -0.25) is 14.9 Å². The van der Waals surface area contributed by atoms with Crippen molar-refractivity contribution in [3.63, 3.8) is 0 Å². The number of esters is 1. The zero-order chi connectivity index (χ0) is 25.9. The number of hydrogen-bond donors (Lipinski definition) is 1. The molecule has 1 fully saturated rings. The molecule has 1 aliphatic rings. The number of aromatic nitrogens is 1. The molecule has 1 atom stereocenters. The number of rotatable bonds is 7. The molecule has 0 saturated carbocycles. The van der Waals surface area contributed by atoms with E-state index in [9.17, 15) is 19.7 Å². The van der Waals surface area contributed by atoms with Gasteiger partial charge in [-0.25, -0.2) is 4.79 Å². The topological polar surface area (TPSA) is 106 Å². The highest BCUT2D eigenvalue weighted by Gasteiger charge is 2.30. The van der Waals surface area contributed by atoms with Crippen LogP contribution in [0.2, 0.25) is 0 Å². The first kappa shape index (κ1) is 24.2. The van der Waals surface area contributed by atoms with Crippen LogP contribution in [0.25, 0.3) is 10.9 Å². The third kappa shape index (κ3) is 4.95. The summed E-state index contributed by atoms with van der Waals surface area (Å²) in [7, 11) is 0. The van der Waals surface area contributed by atoms with Crippen molar-refractivity contribution in [1.82, 2.24) is 4.98 Å². The summed E-state index contributed by atoms with van der Waals surface area (Å²) < 4.78 is 5.75. The van der Waals surface area contributed by atoms with Crippen molar-refractivity contribution in [3.8, 4) is 0 Å². The fourth-order valence-electron chi connectivity index (χ4n) is 4.81. The maximum Gasteiger partial charge on any atom is 0.339 e. The number of para-hydroxylation sites is 1. The molecule has 1 aliphatic heterocycles. The Morgan fingerprint density at radius 1 is 1.03 bits per heavy atom. The zero-order valence-electron chi connectivity index (χ0n) is 20.4. The van der Waals surface area contributed by atoms with Gasteiger partial charge >= 0.3 is 5.97 Å². The normalized spacial score (nSPS) is 14.9. The first-order valence-corrected chi connectivity index (χ1v) is 12.3. The number of nitrogens with one attached hydrogen (secondary N) is 1. The standard InChI is InChI=1S/C29H27N3O5/c1-19-13-15-31(16-14-19)25-12-11-21(17-26(25)32(35)36)29(34)37-28(20-7-3-2-4-8-20)27(33)23-18-30-24-10-6-5-9-22(23)24/h2-12,17-19,28,30H,13-16H2,1H3/t28-/m1/s1. The number of benzene rings is 3. The van der Waals surface area contributed by atoms with Gasteiger partial charge in [0.25, 0.3) is 5.69 Å². The predicted octanol–water partition coefficient (Wildman–Crippen LogP) is 6.09. The number of nitro groups is 1. The first-order valence-electron chi connectivity index (χ1n) is 12.3. The van der Waals surface area contributed by atoms with Crippen LogP contribution in [-0.2, 0) is 4.74 Å². The van der Waals surface area contributed by atoms with E-state index in [4.69, 9.17) is 4.74 Å². The summed E-state index contributed by atoms with van der Waals surface area (Å²) in [6.07, 6.45) is 2.30. The predicted molar refractivity (Wildman–Crippen MR) is 141 cm³/mol. The fourth-order valence-corrected chi connectivity index (χ4v) is 4.81. The minimum absolute atomic E-state index is 0.0217. The van der Waals surface area contributed by atoms with Crippen LogP contribution in [-0.4, -0.2) is 34.7 Å². The molecule has 37 heavy (non-hydrogen) atoms. The molecule has 8 nitrogen and oxygen atoms in total. The highest BCUT2D eigenvalue weighted by molar-refractivity contribution is 6.11. The summed E-state index contributed by atoms with van der Waals surface area (Å²) in [4.78, 5) is 43.4.